The van der Waals surface area contributed by atoms with Crippen LogP contribution in [-0.4, -0.2) is 32.7 Å². The van der Waals surface area contributed by atoms with E-state index in [0.29, 0.717) is 31.7 Å². The third-order valence-electron chi connectivity index (χ3n) is 6.09. The van der Waals surface area contributed by atoms with E-state index < -0.39 is 11.2 Å². The Morgan fingerprint density at radius 2 is 1.68 bits per heavy atom. The fourth-order valence-corrected chi connectivity index (χ4v) is 4.60. The lowest BCUT2D eigenvalue weighted by Gasteiger charge is -2.24. The SMILES string of the molecule is CC(C)(C)OC(=O)CCCCC(Cc1cn(C2C[C@@H]3C[C@@H]3C2)cn1)C(=O)OC(C)(C)C. The summed E-state index contributed by atoms with van der Waals surface area (Å²) in [5, 5.41) is 0. The summed E-state index contributed by atoms with van der Waals surface area (Å²) >= 11 is 0. The molecule has 2 aliphatic carbocycles. The number of nitrogens with zero attached hydrogens (tertiary/aromatic N) is 2. The van der Waals surface area contributed by atoms with Crippen LogP contribution < -0.4 is 0 Å². The summed E-state index contributed by atoms with van der Waals surface area (Å²) in [6.45, 7) is 11.3. The molecule has 2 saturated carbocycles. The highest BCUT2D eigenvalue weighted by Crippen LogP contribution is 2.55. The van der Waals surface area contributed by atoms with Gasteiger partial charge in [-0.15, -0.1) is 0 Å². The Morgan fingerprint density at radius 3 is 2.29 bits per heavy atom. The first-order valence-electron chi connectivity index (χ1n) is 11.9. The monoisotopic (exact) mass is 432 g/mol. The van der Waals surface area contributed by atoms with Crippen LogP contribution in [0.2, 0.25) is 0 Å². The second-order valence-corrected chi connectivity index (χ2v) is 11.5. The van der Waals surface area contributed by atoms with Gasteiger partial charge in [0.15, 0.2) is 0 Å². The summed E-state index contributed by atoms with van der Waals surface area (Å²) in [6, 6.07) is 0.568. The van der Waals surface area contributed by atoms with Crippen LogP contribution in [0, 0.1) is 17.8 Å². The molecule has 0 amide bonds. The first-order valence-corrected chi connectivity index (χ1v) is 11.9. The van der Waals surface area contributed by atoms with Crippen LogP contribution in [0.4, 0.5) is 0 Å². The third-order valence-corrected chi connectivity index (χ3v) is 6.09. The number of ether oxygens (including phenoxy) is 2. The van der Waals surface area contributed by atoms with Crippen LogP contribution in [0.3, 0.4) is 0 Å². The number of hydrogen-bond donors (Lipinski definition) is 0. The highest BCUT2D eigenvalue weighted by molar-refractivity contribution is 5.73. The van der Waals surface area contributed by atoms with Crippen molar-refractivity contribution in [1.29, 1.82) is 0 Å². The maximum atomic E-state index is 12.8. The molecule has 6 heteroatoms. The minimum absolute atomic E-state index is 0.179. The third kappa shape index (κ3) is 7.65. The van der Waals surface area contributed by atoms with Gasteiger partial charge in [-0.1, -0.05) is 6.42 Å². The Labute approximate surface area is 187 Å². The van der Waals surface area contributed by atoms with Crippen molar-refractivity contribution in [3.05, 3.63) is 18.2 Å². The highest BCUT2D eigenvalue weighted by atomic mass is 16.6. The number of esters is 2. The number of carbonyl (C=O) groups excluding carboxylic acids is 2. The van der Waals surface area contributed by atoms with E-state index in [1.807, 2.05) is 47.9 Å². The van der Waals surface area contributed by atoms with Gasteiger partial charge in [0.1, 0.15) is 11.2 Å². The summed E-state index contributed by atoms with van der Waals surface area (Å²) in [5.41, 5.74) is -0.0335. The average Bonchev–Trinajstić information content (AvgIpc) is 3.02. The molecule has 6 nitrogen and oxygen atoms in total. The smallest absolute Gasteiger partial charge is 0.309 e. The summed E-state index contributed by atoms with van der Waals surface area (Å²) < 4.78 is 13.3. The van der Waals surface area contributed by atoms with Crippen LogP contribution in [-0.2, 0) is 25.5 Å². The first kappa shape index (κ1) is 23.8. The van der Waals surface area contributed by atoms with Gasteiger partial charge in [-0.05, 0) is 85.5 Å². The Balaban J connectivity index is 1.53. The van der Waals surface area contributed by atoms with Gasteiger partial charge < -0.3 is 14.0 Å². The molecule has 31 heavy (non-hydrogen) atoms. The van der Waals surface area contributed by atoms with E-state index in [9.17, 15) is 9.59 Å². The number of aromatic nitrogens is 2. The van der Waals surface area contributed by atoms with Gasteiger partial charge in [-0.2, -0.15) is 0 Å². The zero-order chi connectivity index (χ0) is 22.8. The summed E-state index contributed by atoms with van der Waals surface area (Å²) in [5.74, 6) is 1.24. The normalized spacial score (nSPS) is 23.9. The second kappa shape index (κ2) is 9.33. The van der Waals surface area contributed by atoms with E-state index >= 15 is 0 Å². The van der Waals surface area contributed by atoms with Gasteiger partial charge in [-0.3, -0.25) is 9.59 Å². The first-order chi connectivity index (χ1) is 14.4. The molecule has 4 atom stereocenters. The summed E-state index contributed by atoms with van der Waals surface area (Å²) in [6.07, 6.45) is 11.1. The molecule has 0 saturated heterocycles. The fraction of sp³-hybridized carbons (Fsp3) is 0.800. The van der Waals surface area contributed by atoms with Crippen molar-refractivity contribution in [2.24, 2.45) is 17.8 Å². The minimum Gasteiger partial charge on any atom is -0.460 e. The molecule has 1 aromatic heterocycles. The molecule has 174 valence electrons. The van der Waals surface area contributed by atoms with Crippen molar-refractivity contribution in [1.82, 2.24) is 9.55 Å². The zero-order valence-electron chi connectivity index (χ0n) is 20.1. The van der Waals surface area contributed by atoms with E-state index in [4.69, 9.17) is 9.47 Å². The molecule has 1 aromatic rings. The molecule has 2 aliphatic rings. The quantitative estimate of drug-likeness (QED) is 0.393. The van der Waals surface area contributed by atoms with Crippen molar-refractivity contribution in [2.75, 3.05) is 0 Å². The number of imidazole rings is 1. The topological polar surface area (TPSA) is 70.4 Å². The van der Waals surface area contributed by atoms with Gasteiger partial charge >= 0.3 is 11.9 Å². The van der Waals surface area contributed by atoms with Gasteiger partial charge in [0.05, 0.1) is 17.9 Å². The van der Waals surface area contributed by atoms with Crippen molar-refractivity contribution in [2.45, 2.75) is 110 Å². The summed E-state index contributed by atoms with van der Waals surface area (Å²) in [4.78, 5) is 29.4. The van der Waals surface area contributed by atoms with E-state index in [1.165, 1.54) is 19.3 Å². The molecule has 1 heterocycles. The molecule has 0 aromatic carbocycles. The molecule has 0 N–H and O–H groups in total. The summed E-state index contributed by atoms with van der Waals surface area (Å²) in [7, 11) is 0. The molecular formula is C25H40N2O4. The van der Waals surface area contributed by atoms with E-state index in [-0.39, 0.29) is 17.9 Å². The lowest BCUT2D eigenvalue weighted by molar-refractivity contribution is -0.160. The van der Waals surface area contributed by atoms with E-state index in [0.717, 1.165) is 24.0 Å². The Hall–Kier alpha value is -1.85. The van der Waals surface area contributed by atoms with Crippen molar-refractivity contribution >= 4 is 11.9 Å². The van der Waals surface area contributed by atoms with Gasteiger partial charge in [0.2, 0.25) is 0 Å². The average molecular weight is 433 g/mol. The fourth-order valence-electron chi connectivity index (χ4n) is 4.60. The van der Waals surface area contributed by atoms with E-state index in [1.54, 1.807) is 0 Å². The van der Waals surface area contributed by atoms with Crippen LogP contribution in [0.25, 0.3) is 0 Å². The van der Waals surface area contributed by atoms with Crippen LogP contribution in [0.5, 0.6) is 0 Å². The molecule has 0 bridgehead atoms. The number of rotatable bonds is 9. The van der Waals surface area contributed by atoms with Crippen LogP contribution in [0.1, 0.15) is 98.2 Å². The molecule has 2 fully saturated rings. The number of carbonyl (C=O) groups is 2. The van der Waals surface area contributed by atoms with Gasteiger partial charge in [-0.25, -0.2) is 4.98 Å². The largest absolute Gasteiger partial charge is 0.460 e. The maximum Gasteiger partial charge on any atom is 0.309 e. The van der Waals surface area contributed by atoms with Crippen molar-refractivity contribution in [3.63, 3.8) is 0 Å². The zero-order valence-corrected chi connectivity index (χ0v) is 20.1. The lowest BCUT2D eigenvalue weighted by atomic mass is 9.96. The Kier molecular flexibility index (Phi) is 7.17. The minimum atomic E-state index is -0.518. The predicted octanol–water partition coefficient (Wildman–Crippen LogP) is 5.26. The number of fused-ring (bicyclic) bond motifs is 1. The standard InChI is InChI=1S/C25H40N2O4/c1-24(2,3)30-22(28)10-8-7-9-17(23(29)31-25(4,5)6)12-20-15-27(16-26-20)21-13-18-11-19(18)14-21/h15-19,21H,7-14H2,1-6H3/t17?,18-,19+,21?. The highest BCUT2D eigenvalue weighted by Gasteiger charge is 2.46. The van der Waals surface area contributed by atoms with Crippen molar-refractivity contribution < 1.29 is 19.1 Å². The number of unbranched alkanes of at least 4 members (excludes halogenated alkanes) is 1. The number of hydrogen-bond acceptors (Lipinski definition) is 5. The Morgan fingerprint density at radius 1 is 1.03 bits per heavy atom. The second-order valence-electron chi connectivity index (χ2n) is 11.5. The van der Waals surface area contributed by atoms with E-state index in [2.05, 4.69) is 15.7 Å². The molecule has 0 radical (unpaired) electrons. The van der Waals surface area contributed by atoms with Crippen molar-refractivity contribution in [3.8, 4) is 0 Å². The maximum absolute atomic E-state index is 12.8. The Bertz CT molecular complexity index is 761. The van der Waals surface area contributed by atoms with Gasteiger partial charge in [0.25, 0.3) is 0 Å². The molecule has 0 spiro atoms. The lowest BCUT2D eigenvalue weighted by Crippen LogP contribution is -2.30. The predicted molar refractivity (Wildman–Crippen MR) is 119 cm³/mol. The molecular weight excluding hydrogens is 392 g/mol. The molecule has 2 unspecified atom stereocenters. The van der Waals surface area contributed by atoms with Crippen LogP contribution >= 0.6 is 0 Å². The van der Waals surface area contributed by atoms with Crippen LogP contribution in [0.15, 0.2) is 12.5 Å². The molecule has 0 aliphatic heterocycles. The molecule has 3 rings (SSSR count). The van der Waals surface area contributed by atoms with Gasteiger partial charge in [0, 0.05) is 25.1 Å².